The number of ether oxygens (including phenoxy) is 1. The molecular weight excluding hydrogens is 314 g/mol. The lowest BCUT2D eigenvalue weighted by Gasteiger charge is -2.32. The normalized spacial score (nSPS) is 22.0. The highest BCUT2D eigenvalue weighted by molar-refractivity contribution is 5.74. The Labute approximate surface area is 151 Å². The molecule has 5 heteroatoms. The molecule has 2 saturated heterocycles. The zero-order valence-electron chi connectivity index (χ0n) is 15.4. The summed E-state index contributed by atoms with van der Waals surface area (Å²) in [4.78, 5) is 16.8. The van der Waals surface area contributed by atoms with Crippen LogP contribution in [0, 0.1) is 5.92 Å². The first-order valence-electron chi connectivity index (χ1n) is 9.65. The molecule has 3 rings (SSSR count). The van der Waals surface area contributed by atoms with Gasteiger partial charge in [-0.1, -0.05) is 37.6 Å². The number of carbonyl (C=O) groups excluding carboxylic acids is 1. The van der Waals surface area contributed by atoms with Crippen LogP contribution in [0.3, 0.4) is 0 Å². The summed E-state index contributed by atoms with van der Waals surface area (Å²) in [6.07, 6.45) is 3.54. The first-order valence-corrected chi connectivity index (χ1v) is 9.65. The zero-order chi connectivity index (χ0) is 17.5. The molecule has 1 N–H and O–H groups in total. The van der Waals surface area contributed by atoms with E-state index < -0.39 is 0 Å². The molecule has 2 aliphatic heterocycles. The fraction of sp³-hybridized carbons (Fsp3) is 0.650. The third-order valence-corrected chi connectivity index (χ3v) is 5.36. The van der Waals surface area contributed by atoms with Crippen molar-refractivity contribution in [1.29, 1.82) is 0 Å². The maximum absolute atomic E-state index is 12.4. The maximum Gasteiger partial charge on any atom is 0.317 e. The molecule has 2 amide bonds. The van der Waals surface area contributed by atoms with Gasteiger partial charge in [0.05, 0.1) is 13.2 Å². The number of hydrogen-bond acceptors (Lipinski definition) is 3. The average Bonchev–Trinajstić information content (AvgIpc) is 2.68. The van der Waals surface area contributed by atoms with E-state index in [1.165, 1.54) is 12.0 Å². The molecule has 25 heavy (non-hydrogen) atoms. The van der Waals surface area contributed by atoms with E-state index in [4.69, 9.17) is 4.74 Å². The molecule has 1 aromatic carbocycles. The average molecular weight is 345 g/mol. The van der Waals surface area contributed by atoms with Crippen molar-refractivity contribution in [3.05, 3.63) is 35.4 Å². The fourth-order valence-corrected chi connectivity index (χ4v) is 3.65. The van der Waals surface area contributed by atoms with Crippen molar-refractivity contribution in [2.45, 2.75) is 39.3 Å². The molecule has 0 spiro atoms. The van der Waals surface area contributed by atoms with E-state index in [0.717, 1.165) is 64.3 Å². The van der Waals surface area contributed by atoms with Crippen molar-refractivity contribution in [3.63, 3.8) is 0 Å². The number of nitrogens with zero attached hydrogens (tertiary/aromatic N) is 2. The Hall–Kier alpha value is -1.59. The van der Waals surface area contributed by atoms with Gasteiger partial charge in [-0.05, 0) is 29.9 Å². The Kier molecular flexibility index (Phi) is 6.70. The summed E-state index contributed by atoms with van der Waals surface area (Å²) in [5, 5.41) is 3.07. The minimum Gasteiger partial charge on any atom is -0.379 e. The summed E-state index contributed by atoms with van der Waals surface area (Å²) in [6.45, 7) is 9.26. The number of benzene rings is 1. The third kappa shape index (κ3) is 5.44. The minimum atomic E-state index is 0.0792. The molecule has 2 aliphatic rings. The molecule has 2 heterocycles. The van der Waals surface area contributed by atoms with Gasteiger partial charge in [-0.15, -0.1) is 0 Å². The highest BCUT2D eigenvalue weighted by Gasteiger charge is 2.22. The number of urea groups is 1. The minimum absolute atomic E-state index is 0.0792. The third-order valence-electron chi connectivity index (χ3n) is 5.36. The second-order valence-corrected chi connectivity index (χ2v) is 7.23. The number of carbonyl (C=O) groups is 1. The molecule has 0 aromatic heterocycles. The topological polar surface area (TPSA) is 44.8 Å². The Bertz CT molecular complexity index is 540. The van der Waals surface area contributed by atoms with E-state index in [-0.39, 0.29) is 6.03 Å². The number of nitrogens with one attached hydrogen (secondary N) is 1. The summed E-state index contributed by atoms with van der Waals surface area (Å²) in [5.41, 5.74) is 2.47. The van der Waals surface area contributed by atoms with Crippen LogP contribution in [0.5, 0.6) is 0 Å². The van der Waals surface area contributed by atoms with E-state index in [2.05, 4.69) is 41.4 Å². The van der Waals surface area contributed by atoms with Gasteiger partial charge in [0.15, 0.2) is 0 Å². The number of hydrogen-bond donors (Lipinski definition) is 1. The predicted octanol–water partition coefficient (Wildman–Crippen LogP) is 2.85. The van der Waals surface area contributed by atoms with E-state index in [1.807, 2.05) is 4.90 Å². The van der Waals surface area contributed by atoms with Gasteiger partial charge in [0, 0.05) is 39.3 Å². The van der Waals surface area contributed by atoms with Crippen molar-refractivity contribution in [2.75, 3.05) is 39.4 Å². The van der Waals surface area contributed by atoms with Crippen LogP contribution in [-0.4, -0.2) is 55.2 Å². The largest absolute Gasteiger partial charge is 0.379 e. The van der Waals surface area contributed by atoms with Crippen molar-refractivity contribution >= 4 is 6.03 Å². The Balaban J connectivity index is 1.44. The molecule has 0 radical (unpaired) electrons. The lowest BCUT2D eigenvalue weighted by molar-refractivity contribution is 0.0342. The number of likely N-dealkylation sites (tertiary alicyclic amines) is 1. The molecule has 5 nitrogen and oxygen atoms in total. The predicted molar refractivity (Wildman–Crippen MR) is 99.4 cm³/mol. The molecule has 0 aliphatic carbocycles. The highest BCUT2D eigenvalue weighted by Crippen LogP contribution is 2.19. The van der Waals surface area contributed by atoms with Crippen LogP contribution in [0.25, 0.3) is 0 Å². The first-order chi connectivity index (χ1) is 12.2. The second kappa shape index (κ2) is 9.20. The van der Waals surface area contributed by atoms with Crippen LogP contribution >= 0.6 is 0 Å². The Morgan fingerprint density at radius 2 is 1.88 bits per heavy atom. The quantitative estimate of drug-likeness (QED) is 0.892. The van der Waals surface area contributed by atoms with Crippen LogP contribution in [0.1, 0.15) is 37.3 Å². The van der Waals surface area contributed by atoms with E-state index >= 15 is 0 Å². The summed E-state index contributed by atoms with van der Waals surface area (Å²) in [6, 6.07) is 8.67. The van der Waals surface area contributed by atoms with Crippen LogP contribution in [0.4, 0.5) is 4.79 Å². The van der Waals surface area contributed by atoms with Crippen molar-refractivity contribution in [3.8, 4) is 0 Å². The van der Waals surface area contributed by atoms with Gasteiger partial charge in [0.1, 0.15) is 0 Å². The monoisotopic (exact) mass is 345 g/mol. The second-order valence-electron chi connectivity index (χ2n) is 7.23. The first kappa shape index (κ1) is 18.2. The van der Waals surface area contributed by atoms with Gasteiger partial charge >= 0.3 is 6.03 Å². The molecular formula is C20H31N3O2. The summed E-state index contributed by atoms with van der Waals surface area (Å²) < 4.78 is 5.39. The van der Waals surface area contributed by atoms with Crippen molar-refractivity contribution in [2.24, 2.45) is 5.92 Å². The maximum atomic E-state index is 12.4. The molecule has 1 aromatic rings. The van der Waals surface area contributed by atoms with Gasteiger partial charge < -0.3 is 15.0 Å². The summed E-state index contributed by atoms with van der Waals surface area (Å²) in [5.74, 6) is 0.666. The molecule has 0 bridgehead atoms. The smallest absolute Gasteiger partial charge is 0.317 e. The molecule has 138 valence electrons. The molecule has 1 atom stereocenters. The zero-order valence-corrected chi connectivity index (χ0v) is 15.4. The van der Waals surface area contributed by atoms with E-state index in [0.29, 0.717) is 12.5 Å². The SMILES string of the molecule is CCC1CCCN(C(=O)NCc2ccc(CN3CCOCC3)cc2)C1. The van der Waals surface area contributed by atoms with Crippen LogP contribution in [-0.2, 0) is 17.8 Å². The van der Waals surface area contributed by atoms with Crippen LogP contribution in [0.15, 0.2) is 24.3 Å². The lowest BCUT2D eigenvalue weighted by atomic mass is 9.96. The Morgan fingerprint density at radius 1 is 1.16 bits per heavy atom. The number of amides is 2. The van der Waals surface area contributed by atoms with Crippen molar-refractivity contribution in [1.82, 2.24) is 15.1 Å². The molecule has 2 fully saturated rings. The van der Waals surface area contributed by atoms with Gasteiger partial charge in [-0.3, -0.25) is 4.90 Å². The molecule has 0 saturated carbocycles. The fourth-order valence-electron chi connectivity index (χ4n) is 3.65. The number of morpholine rings is 1. The lowest BCUT2D eigenvalue weighted by Crippen LogP contribution is -2.45. The van der Waals surface area contributed by atoms with Crippen LogP contribution in [0.2, 0.25) is 0 Å². The number of piperidine rings is 1. The highest BCUT2D eigenvalue weighted by atomic mass is 16.5. The van der Waals surface area contributed by atoms with Gasteiger partial charge in [-0.25, -0.2) is 4.79 Å². The summed E-state index contributed by atoms with van der Waals surface area (Å²) >= 11 is 0. The standard InChI is InChI=1S/C20H31N3O2/c1-2-17-4-3-9-23(16-17)20(24)21-14-18-5-7-19(8-6-18)15-22-10-12-25-13-11-22/h5-8,17H,2-4,9-16H2,1H3,(H,21,24). The van der Waals surface area contributed by atoms with Gasteiger partial charge in [0.25, 0.3) is 0 Å². The van der Waals surface area contributed by atoms with E-state index in [1.54, 1.807) is 0 Å². The van der Waals surface area contributed by atoms with E-state index in [9.17, 15) is 4.79 Å². The number of rotatable bonds is 5. The molecule has 1 unspecified atom stereocenters. The Morgan fingerprint density at radius 3 is 2.60 bits per heavy atom. The van der Waals surface area contributed by atoms with Gasteiger partial charge in [0.2, 0.25) is 0 Å². The summed E-state index contributed by atoms with van der Waals surface area (Å²) in [7, 11) is 0. The van der Waals surface area contributed by atoms with Crippen molar-refractivity contribution < 1.29 is 9.53 Å². The van der Waals surface area contributed by atoms with Gasteiger partial charge in [-0.2, -0.15) is 0 Å². The van der Waals surface area contributed by atoms with Crippen LogP contribution < -0.4 is 5.32 Å².